The van der Waals surface area contributed by atoms with E-state index in [1.807, 2.05) is 12.1 Å². The van der Waals surface area contributed by atoms with Crippen LogP contribution in [-0.2, 0) is 14.4 Å². The molecule has 0 bridgehead atoms. The molecule has 11 heteroatoms. The molecule has 0 radical (unpaired) electrons. The topological polar surface area (TPSA) is 121 Å². The molecular weight excluding hydrogens is 496 g/mol. The van der Waals surface area contributed by atoms with Gasteiger partial charge in [-0.1, -0.05) is 43.3 Å². The Morgan fingerprint density at radius 1 is 1.03 bits per heavy atom. The first-order chi connectivity index (χ1) is 17.8. The number of anilines is 1. The maximum atomic E-state index is 13.0. The molecule has 0 unspecified atom stereocenters. The predicted octanol–water partition coefficient (Wildman–Crippen LogP) is 4.73. The number of aromatic nitrogens is 3. The van der Waals surface area contributed by atoms with Crippen LogP contribution in [0.25, 0.3) is 11.3 Å². The number of nitrogens with zero attached hydrogens (tertiary/aromatic N) is 4. The Kier molecular flexibility index (Phi) is 8.02. The molecule has 1 amide bonds. The van der Waals surface area contributed by atoms with Gasteiger partial charge >= 0.3 is 11.9 Å². The van der Waals surface area contributed by atoms with Crippen molar-refractivity contribution in [3.63, 3.8) is 0 Å². The molecule has 10 nitrogen and oxygen atoms in total. The minimum absolute atomic E-state index is 0.0722. The number of esters is 2. The van der Waals surface area contributed by atoms with Gasteiger partial charge in [-0.3, -0.25) is 19.3 Å². The van der Waals surface area contributed by atoms with Crippen molar-refractivity contribution >= 4 is 35.3 Å². The fourth-order valence-electron chi connectivity index (χ4n) is 3.82. The normalized spacial score (nSPS) is 14.1. The summed E-state index contributed by atoms with van der Waals surface area (Å²) < 4.78 is 17.0. The van der Waals surface area contributed by atoms with Crippen molar-refractivity contribution < 1.29 is 28.6 Å². The van der Waals surface area contributed by atoms with Crippen molar-refractivity contribution in [1.82, 2.24) is 15.2 Å². The molecule has 2 aromatic carbocycles. The number of ether oxygens (including phenoxy) is 3. The van der Waals surface area contributed by atoms with Gasteiger partial charge in [0, 0.05) is 38.2 Å². The van der Waals surface area contributed by atoms with E-state index in [9.17, 15) is 14.4 Å². The predicted molar refractivity (Wildman–Crippen MR) is 136 cm³/mol. The molecule has 192 valence electrons. The largest absolute Gasteiger partial charge is 0.447 e. The summed E-state index contributed by atoms with van der Waals surface area (Å²) in [6, 6.07) is 11.7. The number of rotatable bonds is 7. The highest BCUT2D eigenvalue weighted by Gasteiger charge is 2.36. The van der Waals surface area contributed by atoms with Gasteiger partial charge in [-0.2, -0.15) is 4.98 Å². The minimum atomic E-state index is -1.08. The zero-order valence-corrected chi connectivity index (χ0v) is 21.7. The van der Waals surface area contributed by atoms with E-state index in [4.69, 9.17) is 14.2 Å². The van der Waals surface area contributed by atoms with E-state index in [1.54, 1.807) is 18.2 Å². The minimum Gasteiger partial charge on any atom is -0.447 e. The molecule has 0 fully saturated rings. The lowest BCUT2D eigenvalue weighted by Gasteiger charge is -2.30. The van der Waals surface area contributed by atoms with Crippen LogP contribution in [-0.4, -0.2) is 38.8 Å². The fourth-order valence-corrected chi connectivity index (χ4v) is 4.68. The van der Waals surface area contributed by atoms with Crippen molar-refractivity contribution in [1.29, 1.82) is 0 Å². The Labute approximate surface area is 218 Å². The molecule has 0 saturated heterocycles. The first-order valence-electron chi connectivity index (χ1n) is 11.7. The summed E-state index contributed by atoms with van der Waals surface area (Å²) in [4.78, 5) is 42.5. The zero-order valence-electron chi connectivity index (χ0n) is 20.9. The van der Waals surface area contributed by atoms with Crippen molar-refractivity contribution in [2.24, 2.45) is 0 Å². The number of para-hydroxylation sites is 1. The van der Waals surface area contributed by atoms with Crippen LogP contribution in [0.3, 0.4) is 0 Å². The van der Waals surface area contributed by atoms with Crippen LogP contribution in [0.15, 0.2) is 47.6 Å². The number of unbranched alkanes of at least 4 members (excludes halogenated alkanes) is 1. The standard InChI is InChI=1S/C26H26N4O6S/c1-5-6-13-37-26-27-24-23(28-29-26)19-9-7-8-10-21(19)30(15(2)31)25(36-24)20-12-11-18(34-16(3)32)14-22(20)35-17(4)33/h7-12,14,25H,5-6,13H2,1-4H3/t25-/m0/s1. The third-order valence-corrected chi connectivity index (χ3v) is 6.27. The first-order valence-corrected chi connectivity index (χ1v) is 12.7. The monoisotopic (exact) mass is 522 g/mol. The Morgan fingerprint density at radius 2 is 1.78 bits per heavy atom. The summed E-state index contributed by atoms with van der Waals surface area (Å²) >= 11 is 1.47. The number of carbonyl (C=O) groups excluding carboxylic acids is 3. The van der Waals surface area contributed by atoms with E-state index in [0.29, 0.717) is 27.7 Å². The summed E-state index contributed by atoms with van der Waals surface area (Å²) in [5.74, 6) is -0.190. The van der Waals surface area contributed by atoms with E-state index in [0.717, 1.165) is 18.6 Å². The highest BCUT2D eigenvalue weighted by Crippen LogP contribution is 2.45. The highest BCUT2D eigenvalue weighted by molar-refractivity contribution is 7.99. The Balaban J connectivity index is 1.89. The van der Waals surface area contributed by atoms with Crippen LogP contribution in [0.4, 0.5) is 5.69 Å². The lowest BCUT2D eigenvalue weighted by Crippen LogP contribution is -2.36. The Morgan fingerprint density at radius 3 is 2.49 bits per heavy atom. The number of benzene rings is 2. The lowest BCUT2D eigenvalue weighted by molar-refractivity contribution is -0.132. The number of fused-ring (bicyclic) bond motifs is 3. The number of carbonyl (C=O) groups is 3. The summed E-state index contributed by atoms with van der Waals surface area (Å²) in [5, 5.41) is 9.12. The molecule has 3 aromatic rings. The molecule has 37 heavy (non-hydrogen) atoms. The van der Waals surface area contributed by atoms with Crippen LogP contribution in [0, 0.1) is 0 Å². The van der Waals surface area contributed by atoms with Gasteiger partial charge in [0.2, 0.25) is 23.2 Å². The third kappa shape index (κ3) is 5.88. The summed E-state index contributed by atoms with van der Waals surface area (Å²) in [7, 11) is 0. The maximum Gasteiger partial charge on any atom is 0.308 e. The molecule has 0 spiro atoms. The lowest BCUT2D eigenvalue weighted by atomic mass is 10.1. The average molecular weight is 523 g/mol. The van der Waals surface area contributed by atoms with Crippen molar-refractivity contribution in [2.45, 2.75) is 51.9 Å². The van der Waals surface area contributed by atoms with E-state index >= 15 is 0 Å². The van der Waals surface area contributed by atoms with Crippen LogP contribution < -0.4 is 19.1 Å². The van der Waals surface area contributed by atoms with Gasteiger partial charge < -0.3 is 14.2 Å². The second-order valence-electron chi connectivity index (χ2n) is 8.21. The van der Waals surface area contributed by atoms with E-state index < -0.39 is 18.2 Å². The van der Waals surface area contributed by atoms with Gasteiger partial charge in [0.25, 0.3) is 0 Å². The van der Waals surface area contributed by atoms with Gasteiger partial charge in [0.1, 0.15) is 11.5 Å². The molecule has 0 saturated carbocycles. The number of amides is 1. The highest BCUT2D eigenvalue weighted by atomic mass is 32.2. The SMILES string of the molecule is CCCCSc1nnc2c(n1)O[C@@H](c1ccc(OC(C)=O)cc1OC(C)=O)N(C(C)=O)c1ccccc1-2. The Hall–Kier alpha value is -3.99. The summed E-state index contributed by atoms with van der Waals surface area (Å²) in [6.07, 6.45) is 0.953. The first kappa shape index (κ1) is 26.1. The number of hydrogen-bond acceptors (Lipinski definition) is 10. The van der Waals surface area contributed by atoms with Gasteiger partial charge in [-0.05, 0) is 24.6 Å². The van der Waals surface area contributed by atoms with E-state index in [2.05, 4.69) is 22.1 Å². The zero-order chi connectivity index (χ0) is 26.5. The summed E-state index contributed by atoms with van der Waals surface area (Å²) in [6.45, 7) is 6.03. The molecule has 0 aliphatic carbocycles. The Bertz CT molecular complexity index is 1350. The molecule has 1 aromatic heterocycles. The van der Waals surface area contributed by atoms with Crippen LogP contribution in [0.5, 0.6) is 17.4 Å². The molecule has 2 heterocycles. The molecule has 1 aliphatic rings. The van der Waals surface area contributed by atoms with Gasteiger partial charge in [-0.25, -0.2) is 0 Å². The molecule has 4 rings (SSSR count). The van der Waals surface area contributed by atoms with Crippen molar-refractivity contribution in [3.05, 3.63) is 48.0 Å². The van der Waals surface area contributed by atoms with Crippen LogP contribution in [0.2, 0.25) is 0 Å². The maximum absolute atomic E-state index is 13.0. The van der Waals surface area contributed by atoms with E-state index in [-0.39, 0.29) is 23.3 Å². The average Bonchev–Trinajstić information content (AvgIpc) is 2.98. The van der Waals surface area contributed by atoms with Crippen molar-refractivity contribution in [3.8, 4) is 28.6 Å². The van der Waals surface area contributed by atoms with Gasteiger partial charge in [-0.15, -0.1) is 10.2 Å². The van der Waals surface area contributed by atoms with Gasteiger partial charge in [0.15, 0.2) is 5.69 Å². The number of thioether (sulfide) groups is 1. The fraction of sp³-hybridized carbons (Fsp3) is 0.308. The van der Waals surface area contributed by atoms with E-state index in [1.165, 1.54) is 49.6 Å². The third-order valence-electron chi connectivity index (χ3n) is 5.35. The summed E-state index contributed by atoms with van der Waals surface area (Å²) in [5.41, 5.74) is 1.88. The van der Waals surface area contributed by atoms with Gasteiger partial charge in [0.05, 0.1) is 11.3 Å². The quantitative estimate of drug-likeness (QED) is 0.186. The molecule has 1 aliphatic heterocycles. The number of hydrogen-bond donors (Lipinski definition) is 0. The van der Waals surface area contributed by atoms with Crippen LogP contribution in [0.1, 0.15) is 52.3 Å². The second kappa shape index (κ2) is 11.4. The molecular formula is C26H26N4O6S. The smallest absolute Gasteiger partial charge is 0.308 e. The van der Waals surface area contributed by atoms with Crippen LogP contribution >= 0.6 is 11.8 Å². The molecule has 0 N–H and O–H groups in total. The molecule has 1 atom stereocenters. The van der Waals surface area contributed by atoms with Crippen molar-refractivity contribution in [2.75, 3.05) is 10.7 Å². The second-order valence-corrected chi connectivity index (χ2v) is 9.28.